The Balaban J connectivity index is 0.00000196. The van der Waals surface area contributed by atoms with Crippen LogP contribution in [0.15, 0.2) is 15.8 Å². The van der Waals surface area contributed by atoms with Crippen molar-refractivity contribution in [1.29, 1.82) is 0 Å². The molecule has 0 saturated heterocycles. The molecule has 0 aromatic carbocycles. The summed E-state index contributed by atoms with van der Waals surface area (Å²) in [7, 11) is 2.17. The minimum absolute atomic E-state index is 0. The van der Waals surface area contributed by atoms with E-state index in [1.54, 1.807) is 0 Å². The summed E-state index contributed by atoms with van der Waals surface area (Å²) >= 11 is 0. The quantitative estimate of drug-likeness (QED) is 0.476. The Morgan fingerprint density at radius 2 is 1.67 bits per heavy atom. The van der Waals surface area contributed by atoms with Crippen molar-refractivity contribution in [3.63, 3.8) is 0 Å². The van der Waals surface area contributed by atoms with Gasteiger partial charge in [-0.15, -0.1) is 0 Å². The van der Waals surface area contributed by atoms with Crippen LogP contribution in [0.2, 0.25) is 0 Å². The van der Waals surface area contributed by atoms with Gasteiger partial charge in [-0.25, -0.2) is 4.79 Å². The molecule has 0 unspecified atom stereocenters. The van der Waals surface area contributed by atoms with Gasteiger partial charge in [-0.3, -0.25) is 9.36 Å². The number of halogens is 3. The Bertz CT molecular complexity index is 479. The molecule has 1 aromatic rings. The van der Waals surface area contributed by atoms with Gasteiger partial charge in [0.2, 0.25) is 5.56 Å². The van der Waals surface area contributed by atoms with E-state index in [1.807, 2.05) is 0 Å². The van der Waals surface area contributed by atoms with E-state index in [4.69, 9.17) is 0 Å². The molecular weight excluding hydrogens is 239 g/mol. The summed E-state index contributed by atoms with van der Waals surface area (Å²) in [6, 6.07) is 0. The molecule has 0 amide bonds. The maximum Gasteiger partial charge on any atom is 1.00 e. The number of hydrogen-bond donors (Lipinski definition) is 0. The van der Waals surface area contributed by atoms with E-state index in [9.17, 15) is 22.5 Å². The van der Waals surface area contributed by atoms with E-state index < -0.39 is 23.7 Å². The van der Waals surface area contributed by atoms with Gasteiger partial charge in [0.15, 0.2) is 0 Å². The summed E-state index contributed by atoms with van der Waals surface area (Å²) in [6.07, 6.45) is 0.519. The third-order valence-electron chi connectivity index (χ3n) is 1.83. The minimum Gasteiger partial charge on any atom is -0.445 e. The molecule has 0 N–H and O–H groups in total. The van der Waals surface area contributed by atoms with Crippen molar-refractivity contribution in [2.24, 2.45) is 14.1 Å². The number of aromatic nitrogens is 2. The van der Waals surface area contributed by atoms with E-state index in [0.29, 0.717) is 10.8 Å². The Morgan fingerprint density at radius 1 is 1.20 bits per heavy atom. The van der Waals surface area contributed by atoms with Crippen molar-refractivity contribution in [3.05, 3.63) is 27.0 Å². The van der Waals surface area contributed by atoms with Crippen LogP contribution in [-0.2, 0) is 14.1 Å². The fraction of sp³-hybridized carbons (Fsp3) is 0.333. The number of aryl methyl sites for hydroxylation is 1. The van der Waals surface area contributed by atoms with Gasteiger partial charge in [-0.1, -0.05) is 0 Å². The van der Waals surface area contributed by atoms with Gasteiger partial charge in [-0.2, -0.15) is 0 Å². The SMILES string of the molecule is Cn1cc([B-](F)(F)F)c(=O)n(C)c1=O.[K+]. The number of hydrogen-bond acceptors (Lipinski definition) is 2. The molecule has 0 saturated carbocycles. The van der Waals surface area contributed by atoms with Crippen LogP contribution in [0.4, 0.5) is 12.9 Å². The maximum atomic E-state index is 12.3. The molecule has 1 rings (SSSR count). The molecule has 0 atom stereocenters. The van der Waals surface area contributed by atoms with Crippen molar-refractivity contribution >= 4 is 12.4 Å². The molecule has 0 radical (unpaired) electrons. The van der Waals surface area contributed by atoms with Crippen LogP contribution in [-0.4, -0.2) is 16.1 Å². The molecule has 0 fully saturated rings. The third-order valence-corrected chi connectivity index (χ3v) is 1.83. The molecule has 1 aromatic heterocycles. The summed E-state index contributed by atoms with van der Waals surface area (Å²) < 4.78 is 38.0. The van der Waals surface area contributed by atoms with E-state index in [1.165, 1.54) is 0 Å². The second-order valence-corrected chi connectivity index (χ2v) is 2.92. The van der Waals surface area contributed by atoms with Crippen LogP contribution in [0.5, 0.6) is 0 Å². The molecule has 1 heterocycles. The van der Waals surface area contributed by atoms with Gasteiger partial charge in [0, 0.05) is 14.1 Å². The number of rotatable bonds is 1. The zero-order chi connectivity index (χ0) is 11.1. The summed E-state index contributed by atoms with van der Waals surface area (Å²) in [6.45, 7) is -5.38. The Labute approximate surface area is 126 Å². The summed E-state index contributed by atoms with van der Waals surface area (Å²) in [5.41, 5.74) is -3.37. The molecule has 0 spiro atoms. The molecule has 78 valence electrons. The van der Waals surface area contributed by atoms with E-state index in [2.05, 4.69) is 0 Å². The standard InChI is InChI=1S/C6H7BF3N2O2.K/c1-11-3-4(7(8,9)10)5(13)12(2)6(11)14;/h3H,1-2H3;/q-1;+1. The first-order valence-electron chi connectivity index (χ1n) is 3.71. The van der Waals surface area contributed by atoms with Gasteiger partial charge in [0.1, 0.15) is 0 Å². The van der Waals surface area contributed by atoms with Crippen LogP contribution in [0, 0.1) is 0 Å². The molecule has 4 nitrogen and oxygen atoms in total. The van der Waals surface area contributed by atoms with Gasteiger partial charge in [-0.05, 0) is 11.7 Å². The average Bonchev–Trinajstić information content (AvgIpc) is 2.06. The predicted octanol–water partition coefficient (Wildman–Crippen LogP) is -3.86. The fourth-order valence-corrected chi connectivity index (χ4v) is 1.06. The Hall–Kier alpha value is 0.171. The molecule has 0 aliphatic heterocycles. The maximum absolute atomic E-state index is 12.3. The largest absolute Gasteiger partial charge is 1.00 e. The first-order valence-corrected chi connectivity index (χ1v) is 3.71. The second-order valence-electron chi connectivity index (χ2n) is 2.92. The van der Waals surface area contributed by atoms with E-state index in [0.717, 1.165) is 18.7 Å². The van der Waals surface area contributed by atoms with Crippen LogP contribution in [0.3, 0.4) is 0 Å². The Kier molecular flexibility index (Phi) is 5.06. The minimum atomic E-state index is -5.38. The zero-order valence-electron chi connectivity index (χ0n) is 8.50. The van der Waals surface area contributed by atoms with Gasteiger partial charge < -0.3 is 17.5 Å². The molecule has 0 aliphatic carbocycles. The fourth-order valence-electron chi connectivity index (χ4n) is 1.06. The first kappa shape index (κ1) is 15.2. The summed E-state index contributed by atoms with van der Waals surface area (Å²) in [5, 5.41) is 0. The summed E-state index contributed by atoms with van der Waals surface area (Å²) in [5.74, 6) is 0. The van der Waals surface area contributed by atoms with Crippen molar-refractivity contribution in [3.8, 4) is 0 Å². The van der Waals surface area contributed by atoms with Crippen molar-refractivity contribution in [2.75, 3.05) is 0 Å². The smallest absolute Gasteiger partial charge is 0.445 e. The van der Waals surface area contributed by atoms with Gasteiger partial charge >= 0.3 is 64.1 Å². The molecule has 9 heteroatoms. The summed E-state index contributed by atoms with van der Waals surface area (Å²) in [4.78, 5) is 22.1. The third kappa shape index (κ3) is 3.07. The van der Waals surface area contributed by atoms with Gasteiger partial charge in [0.05, 0.1) is 0 Å². The molecule has 0 bridgehead atoms. The van der Waals surface area contributed by atoms with E-state index >= 15 is 0 Å². The monoisotopic (exact) mass is 246 g/mol. The normalized spacial score (nSPS) is 11.0. The topological polar surface area (TPSA) is 44.0 Å². The Morgan fingerprint density at radius 3 is 2.07 bits per heavy atom. The second kappa shape index (κ2) is 5.00. The van der Waals surface area contributed by atoms with E-state index in [-0.39, 0.29) is 51.4 Å². The number of nitrogens with zero attached hydrogens (tertiary/aromatic N) is 2. The van der Waals surface area contributed by atoms with Crippen LogP contribution in [0.1, 0.15) is 0 Å². The van der Waals surface area contributed by atoms with Crippen LogP contribution < -0.4 is 68.1 Å². The average molecular weight is 246 g/mol. The van der Waals surface area contributed by atoms with Gasteiger partial charge in [0.25, 0.3) is 0 Å². The van der Waals surface area contributed by atoms with Crippen LogP contribution >= 0.6 is 0 Å². The first-order chi connectivity index (χ1) is 6.25. The van der Waals surface area contributed by atoms with Crippen LogP contribution in [0.25, 0.3) is 0 Å². The molecule has 0 aliphatic rings. The molecule has 15 heavy (non-hydrogen) atoms. The zero-order valence-corrected chi connectivity index (χ0v) is 11.6. The van der Waals surface area contributed by atoms with Crippen molar-refractivity contribution in [2.45, 2.75) is 0 Å². The van der Waals surface area contributed by atoms with Crippen molar-refractivity contribution < 1.29 is 64.3 Å². The van der Waals surface area contributed by atoms with Crippen molar-refractivity contribution in [1.82, 2.24) is 9.13 Å². The predicted molar refractivity (Wildman–Crippen MR) is 45.6 cm³/mol. The molecular formula is C6H7BF3KN2O2.